The van der Waals surface area contributed by atoms with Crippen molar-refractivity contribution in [3.05, 3.63) is 101 Å². The van der Waals surface area contributed by atoms with E-state index in [9.17, 15) is 27.9 Å². The quantitative estimate of drug-likeness (QED) is 0.339. The molecule has 4 aromatic rings. The second-order valence-electron chi connectivity index (χ2n) is 7.01. The third-order valence-electron chi connectivity index (χ3n) is 4.69. The molecule has 2 heterocycles. The van der Waals surface area contributed by atoms with Crippen LogP contribution in [0.1, 0.15) is 15.9 Å². The molecule has 174 valence electrons. The number of alkyl halides is 3. The van der Waals surface area contributed by atoms with Crippen LogP contribution in [0.2, 0.25) is 0 Å². The molecule has 0 aliphatic heterocycles. The molecule has 0 atom stereocenters. The standard InChI is InChI=1S/C23H16F3N3O5/c24-23(25,26)34-18-8-6-16(7-9-18)29-20(30)14-28(22(29)32)13-15-10-11-27-12-19(15)21(31)33-17-4-2-1-3-5-17/h1-12,14,30H,13H2. The van der Waals surface area contributed by atoms with Gasteiger partial charge in [-0.3, -0.25) is 9.55 Å². The number of aromatic hydroxyl groups is 1. The van der Waals surface area contributed by atoms with Crippen LogP contribution in [0, 0.1) is 0 Å². The molecule has 0 aliphatic rings. The summed E-state index contributed by atoms with van der Waals surface area (Å²) in [5, 5.41) is 10.3. The zero-order valence-electron chi connectivity index (χ0n) is 17.3. The Morgan fingerprint density at radius 1 is 1.00 bits per heavy atom. The van der Waals surface area contributed by atoms with Crippen LogP contribution in [0.3, 0.4) is 0 Å². The average molecular weight is 471 g/mol. The van der Waals surface area contributed by atoms with Crippen LogP contribution >= 0.6 is 0 Å². The first-order valence-electron chi connectivity index (χ1n) is 9.79. The van der Waals surface area contributed by atoms with Crippen molar-refractivity contribution in [3.63, 3.8) is 0 Å². The molecule has 0 fully saturated rings. The molecule has 2 aromatic carbocycles. The molecular weight excluding hydrogens is 455 g/mol. The molecule has 0 spiro atoms. The monoisotopic (exact) mass is 471 g/mol. The minimum absolute atomic E-state index is 0.101. The molecule has 2 aromatic heterocycles. The Bertz CT molecular complexity index is 1360. The van der Waals surface area contributed by atoms with Gasteiger partial charge < -0.3 is 14.6 Å². The minimum Gasteiger partial charge on any atom is -0.493 e. The maximum Gasteiger partial charge on any atom is 0.573 e. The molecule has 0 saturated heterocycles. The number of carbonyl (C=O) groups excluding carboxylic acids is 1. The molecule has 0 bridgehead atoms. The van der Waals surface area contributed by atoms with Crippen molar-refractivity contribution in [2.24, 2.45) is 0 Å². The third kappa shape index (κ3) is 5.09. The summed E-state index contributed by atoms with van der Waals surface area (Å²) >= 11 is 0. The Morgan fingerprint density at radius 3 is 2.38 bits per heavy atom. The highest BCUT2D eigenvalue weighted by Crippen LogP contribution is 2.25. The highest BCUT2D eigenvalue weighted by Gasteiger charge is 2.31. The summed E-state index contributed by atoms with van der Waals surface area (Å²) in [5.41, 5.74) is -0.0290. The predicted molar refractivity (Wildman–Crippen MR) is 113 cm³/mol. The lowest BCUT2D eigenvalue weighted by Gasteiger charge is -2.10. The van der Waals surface area contributed by atoms with Gasteiger partial charge in [-0.15, -0.1) is 13.2 Å². The number of ether oxygens (including phenoxy) is 2. The van der Waals surface area contributed by atoms with Crippen molar-refractivity contribution >= 4 is 5.97 Å². The number of carbonyl (C=O) groups is 1. The van der Waals surface area contributed by atoms with Crippen LogP contribution in [0.25, 0.3) is 5.69 Å². The lowest BCUT2D eigenvalue weighted by Crippen LogP contribution is -2.24. The van der Waals surface area contributed by atoms with E-state index in [0.717, 1.165) is 27.5 Å². The van der Waals surface area contributed by atoms with E-state index in [1.807, 2.05) is 0 Å². The predicted octanol–water partition coefficient (Wildman–Crippen LogP) is 3.91. The molecule has 0 radical (unpaired) electrons. The summed E-state index contributed by atoms with van der Waals surface area (Å²) in [5.74, 6) is -1.26. The third-order valence-corrected chi connectivity index (χ3v) is 4.69. The van der Waals surface area contributed by atoms with E-state index in [1.165, 1.54) is 30.6 Å². The SMILES string of the molecule is O=C(Oc1ccccc1)c1cnccc1Cn1cc(O)n(-c2ccc(OC(F)(F)F)cc2)c1=O. The highest BCUT2D eigenvalue weighted by atomic mass is 19.4. The summed E-state index contributed by atoms with van der Waals surface area (Å²) in [7, 11) is 0. The van der Waals surface area contributed by atoms with Gasteiger partial charge in [0, 0.05) is 12.4 Å². The maximum atomic E-state index is 12.9. The van der Waals surface area contributed by atoms with E-state index in [2.05, 4.69) is 9.72 Å². The molecule has 34 heavy (non-hydrogen) atoms. The molecule has 11 heteroatoms. The van der Waals surface area contributed by atoms with E-state index in [0.29, 0.717) is 11.3 Å². The Kier molecular flexibility index (Phi) is 6.09. The van der Waals surface area contributed by atoms with Crippen molar-refractivity contribution in [1.29, 1.82) is 0 Å². The van der Waals surface area contributed by atoms with Gasteiger partial charge >= 0.3 is 18.0 Å². The number of imidazole rings is 1. The topological polar surface area (TPSA) is 95.6 Å². The van der Waals surface area contributed by atoms with Gasteiger partial charge in [-0.2, -0.15) is 0 Å². The molecule has 1 N–H and O–H groups in total. The number of nitrogens with zero attached hydrogens (tertiary/aromatic N) is 3. The van der Waals surface area contributed by atoms with Gasteiger partial charge in [-0.05, 0) is 48.0 Å². The van der Waals surface area contributed by atoms with Gasteiger partial charge in [0.25, 0.3) is 0 Å². The number of aromatic nitrogens is 3. The molecule has 4 rings (SSSR count). The Labute approximate surface area is 190 Å². The molecule has 0 aliphatic carbocycles. The highest BCUT2D eigenvalue weighted by molar-refractivity contribution is 5.92. The first-order chi connectivity index (χ1) is 16.2. The summed E-state index contributed by atoms with van der Waals surface area (Å²) < 4.78 is 48.3. The normalized spacial score (nSPS) is 11.3. The molecular formula is C23H16F3N3O5. The lowest BCUT2D eigenvalue weighted by atomic mass is 10.1. The molecule has 0 amide bonds. The minimum atomic E-state index is -4.85. The number of esters is 1. The van der Waals surface area contributed by atoms with E-state index in [-0.39, 0.29) is 17.8 Å². The van der Waals surface area contributed by atoms with Gasteiger partial charge in [0.1, 0.15) is 11.5 Å². The zero-order valence-corrected chi connectivity index (χ0v) is 17.3. The van der Waals surface area contributed by atoms with Gasteiger partial charge in [0.2, 0.25) is 5.88 Å². The number of benzene rings is 2. The van der Waals surface area contributed by atoms with Crippen LogP contribution in [-0.4, -0.2) is 31.6 Å². The average Bonchev–Trinajstić information content (AvgIpc) is 3.07. The fourth-order valence-electron chi connectivity index (χ4n) is 3.21. The molecule has 8 nitrogen and oxygen atoms in total. The van der Waals surface area contributed by atoms with Crippen molar-refractivity contribution < 1.29 is 32.5 Å². The lowest BCUT2D eigenvalue weighted by molar-refractivity contribution is -0.274. The van der Waals surface area contributed by atoms with Crippen LogP contribution in [0.5, 0.6) is 17.4 Å². The number of rotatable bonds is 6. The Morgan fingerprint density at radius 2 is 1.71 bits per heavy atom. The maximum absolute atomic E-state index is 12.9. The largest absolute Gasteiger partial charge is 0.573 e. The van der Waals surface area contributed by atoms with Gasteiger partial charge in [0.15, 0.2) is 0 Å². The van der Waals surface area contributed by atoms with Crippen molar-refractivity contribution in [2.75, 3.05) is 0 Å². The van der Waals surface area contributed by atoms with Crippen LogP contribution in [0.15, 0.2) is 84.0 Å². The molecule has 0 saturated carbocycles. The molecule has 0 unspecified atom stereocenters. The van der Waals surface area contributed by atoms with E-state index in [1.54, 1.807) is 30.3 Å². The van der Waals surface area contributed by atoms with E-state index < -0.39 is 29.7 Å². The smallest absolute Gasteiger partial charge is 0.493 e. The van der Waals surface area contributed by atoms with Crippen molar-refractivity contribution in [1.82, 2.24) is 14.1 Å². The van der Waals surface area contributed by atoms with Crippen molar-refractivity contribution in [2.45, 2.75) is 12.9 Å². The summed E-state index contributed by atoms with van der Waals surface area (Å²) in [6.45, 7) is -0.101. The van der Waals surface area contributed by atoms with Gasteiger partial charge in [0.05, 0.1) is 24.0 Å². The number of hydrogen-bond acceptors (Lipinski definition) is 6. The van der Waals surface area contributed by atoms with Crippen LogP contribution in [0.4, 0.5) is 13.2 Å². The fourth-order valence-corrected chi connectivity index (χ4v) is 3.21. The number of para-hydroxylation sites is 1. The number of pyridine rings is 1. The Hall–Kier alpha value is -4.54. The first kappa shape index (κ1) is 22.6. The summed E-state index contributed by atoms with van der Waals surface area (Å²) in [4.78, 5) is 29.5. The second kappa shape index (κ2) is 9.14. The number of halogens is 3. The van der Waals surface area contributed by atoms with E-state index in [4.69, 9.17) is 4.74 Å². The van der Waals surface area contributed by atoms with E-state index >= 15 is 0 Å². The second-order valence-corrected chi connectivity index (χ2v) is 7.01. The van der Waals surface area contributed by atoms with Crippen LogP contribution in [-0.2, 0) is 6.54 Å². The Balaban J connectivity index is 1.59. The van der Waals surface area contributed by atoms with Gasteiger partial charge in [-0.1, -0.05) is 18.2 Å². The van der Waals surface area contributed by atoms with Crippen molar-refractivity contribution in [3.8, 4) is 23.1 Å². The van der Waals surface area contributed by atoms with Gasteiger partial charge in [-0.25, -0.2) is 14.2 Å². The fraction of sp³-hybridized carbons (Fsp3) is 0.0870. The number of hydrogen-bond donors (Lipinski definition) is 1. The van der Waals surface area contributed by atoms with Crippen LogP contribution < -0.4 is 15.2 Å². The summed E-state index contributed by atoms with van der Waals surface area (Å²) in [6.07, 6.45) is -0.958. The zero-order chi connectivity index (χ0) is 24.3. The summed E-state index contributed by atoms with van der Waals surface area (Å²) in [6, 6.07) is 14.4. The first-order valence-corrected chi connectivity index (χ1v) is 9.79.